The zero-order chi connectivity index (χ0) is 68.8. The number of methoxy groups -OCH3 is 1. The number of hydrogen-bond donors (Lipinski definition) is 2. The fourth-order valence-corrected chi connectivity index (χ4v) is 8.83. The Kier molecular flexibility index (Phi) is 44.6. The number of piperazine rings is 2. The summed E-state index contributed by atoms with van der Waals surface area (Å²) < 4.78 is 89.9. The van der Waals surface area contributed by atoms with Crippen molar-refractivity contribution in [2.75, 3.05) is 72.7 Å². The molecule has 2 heterocycles. The highest BCUT2D eigenvalue weighted by molar-refractivity contribution is 9.24. The van der Waals surface area contributed by atoms with Crippen molar-refractivity contribution in [1.82, 2.24) is 20.0 Å². The van der Waals surface area contributed by atoms with Crippen LogP contribution in [0.15, 0.2) is 91.0 Å². The topological polar surface area (TPSA) is 354 Å². The third-order valence-electron chi connectivity index (χ3n) is 11.1. The van der Waals surface area contributed by atoms with E-state index >= 15 is 0 Å². The van der Waals surface area contributed by atoms with E-state index in [-0.39, 0.29) is 52.7 Å². The van der Waals surface area contributed by atoms with Crippen molar-refractivity contribution in [2.45, 2.75) is 55.6 Å². The molecule has 2 amide bonds. The number of halogens is 10. The summed E-state index contributed by atoms with van der Waals surface area (Å²) in [5.41, 5.74) is -1.07. The SMILES string of the molecule is CC(=O)N1CCNCC1.CC(=O)O.CCO[P+](=O)OCC.COC(=O)N1CCN(Cc2cccc([N+](=O)[O-])c2F)CC1.Cc1cccc([N+](=O)[O-])c1F.Cl.O=[N+]([O-])c1cccc(C(Br)Br)c1F.O=[N+]([O-])c1cccc(CBr)c1F.O=[N+]([O-])c1cccc(CBr)c1F. The Labute approximate surface area is 558 Å². The molecular formula is C53H63Br4ClF5N9O18P+. The van der Waals surface area contributed by atoms with Gasteiger partial charge in [0.1, 0.15) is 13.2 Å². The molecule has 2 fully saturated rings. The third-order valence-corrected chi connectivity index (χ3v) is 14.2. The molecule has 2 N–H and O–H groups in total. The number of nitro groups is 5. The molecule has 0 saturated carbocycles. The highest BCUT2D eigenvalue weighted by Gasteiger charge is 2.25. The fourth-order valence-electron chi connectivity index (χ4n) is 6.76. The van der Waals surface area contributed by atoms with Crippen LogP contribution in [0.1, 0.15) is 59.2 Å². The zero-order valence-corrected chi connectivity index (χ0v) is 57.2. The van der Waals surface area contributed by atoms with Gasteiger partial charge in [-0.05, 0) is 26.3 Å². The van der Waals surface area contributed by atoms with Crippen LogP contribution in [-0.4, -0.2) is 135 Å². The minimum absolute atomic E-state index is 0. The first-order chi connectivity index (χ1) is 42.4. The number of aryl methyl sites for hydroxylation is 1. The quantitative estimate of drug-likeness (QED) is 0.0343. The zero-order valence-electron chi connectivity index (χ0n) is 49.2. The average molecular weight is 1600 g/mol. The third kappa shape index (κ3) is 32.8. The van der Waals surface area contributed by atoms with Crippen LogP contribution in [0.2, 0.25) is 0 Å². The highest BCUT2D eigenvalue weighted by atomic mass is 79.9. The molecule has 502 valence electrons. The molecule has 0 aliphatic carbocycles. The predicted octanol–water partition coefficient (Wildman–Crippen LogP) is 14.1. The molecule has 0 atom stereocenters. The van der Waals surface area contributed by atoms with Gasteiger partial charge in [-0.1, -0.05) is 124 Å². The van der Waals surface area contributed by atoms with E-state index < -0.39 is 100 Å². The van der Waals surface area contributed by atoms with E-state index in [0.717, 1.165) is 63.4 Å². The molecule has 0 radical (unpaired) electrons. The lowest BCUT2D eigenvalue weighted by Gasteiger charge is -2.33. The van der Waals surface area contributed by atoms with Gasteiger partial charge in [-0.2, -0.15) is 22.0 Å². The minimum atomic E-state index is -1.83. The van der Waals surface area contributed by atoms with Crippen molar-refractivity contribution < 1.29 is 84.4 Å². The van der Waals surface area contributed by atoms with Crippen LogP contribution in [0.25, 0.3) is 0 Å². The van der Waals surface area contributed by atoms with E-state index in [1.807, 2.05) is 9.80 Å². The molecule has 0 spiro atoms. The van der Waals surface area contributed by atoms with Crippen molar-refractivity contribution in [3.63, 3.8) is 0 Å². The summed E-state index contributed by atoms with van der Waals surface area (Å²) in [6.07, 6.45) is -0.379. The summed E-state index contributed by atoms with van der Waals surface area (Å²) in [4.78, 5) is 84.4. The molecular weight excluding hydrogens is 1530 g/mol. The number of carboxylic acid groups (broad SMARTS) is 1. The standard InChI is InChI=1S/C13H16FN3O4.C7H4Br2FNO2.2C7H5BrFNO2.C7H6FNO2.C6H12N2O.C4H10O3P.C2H4O2.ClH/c1-21-13(18)16-7-5-15(6-8-16)9-10-3-2-4-11(12(10)14)17(19)20;8-7(9)4-2-1-3-5(6(4)10)11(12)13;2*8-4-5-2-1-3-6(7(5)9)10(11)12;1-5-3-2-4-6(7(5)8)9(10)11;1-6(9)8-4-2-7-3-5-8;1-3-6-8(5)7-4-2;1-2(3)4;/h2-4H,5-9H2,1H3;1-3,7H;2*1-3H,4H2;2-4H,1H3;7H,2-5H2,1H3;3-4H2,1-2H3;1H3,(H,3,4);1H/q;;;;;;+1;;. The second-order valence-electron chi connectivity index (χ2n) is 17.3. The number of carboxylic acids is 1. The Morgan fingerprint density at radius 3 is 1.24 bits per heavy atom. The van der Waals surface area contributed by atoms with Gasteiger partial charge in [0.2, 0.25) is 35.0 Å². The second-order valence-corrected chi connectivity index (χ2v) is 22.4. The number of benzene rings is 5. The van der Waals surface area contributed by atoms with Crippen molar-refractivity contribution in [3.8, 4) is 0 Å². The summed E-state index contributed by atoms with van der Waals surface area (Å²) in [6.45, 7) is 14.6. The van der Waals surface area contributed by atoms with Crippen LogP contribution in [0.5, 0.6) is 0 Å². The molecule has 38 heteroatoms. The molecule has 2 aliphatic heterocycles. The Morgan fingerprint density at radius 1 is 0.582 bits per heavy atom. The average Bonchev–Trinajstić information content (AvgIpc) is 1.43. The summed E-state index contributed by atoms with van der Waals surface area (Å²) in [5.74, 6) is -4.53. The van der Waals surface area contributed by atoms with Gasteiger partial charge in [-0.25, -0.2) is 4.79 Å². The van der Waals surface area contributed by atoms with Crippen LogP contribution < -0.4 is 5.32 Å². The van der Waals surface area contributed by atoms with Gasteiger partial charge in [0.25, 0.3) is 5.97 Å². The summed E-state index contributed by atoms with van der Waals surface area (Å²) in [5, 5.41) is 62.8. The number of nitrogens with one attached hydrogen (secondary N) is 1. The number of aliphatic carboxylic acids is 1. The van der Waals surface area contributed by atoms with Crippen molar-refractivity contribution in [2.24, 2.45) is 0 Å². The molecule has 91 heavy (non-hydrogen) atoms. The minimum Gasteiger partial charge on any atom is -0.481 e. The Morgan fingerprint density at radius 2 is 0.923 bits per heavy atom. The van der Waals surface area contributed by atoms with E-state index in [0.29, 0.717) is 56.1 Å². The summed E-state index contributed by atoms with van der Waals surface area (Å²) in [6, 6.07) is 20.5. The van der Waals surface area contributed by atoms with E-state index in [1.54, 1.807) is 25.7 Å². The maximum atomic E-state index is 14.0. The number of carbonyl (C=O) groups is 3. The van der Waals surface area contributed by atoms with Gasteiger partial charge in [0, 0.05) is 141 Å². The van der Waals surface area contributed by atoms with E-state index in [1.165, 1.54) is 74.7 Å². The Balaban J connectivity index is 0. The van der Waals surface area contributed by atoms with Gasteiger partial charge in [-0.3, -0.25) is 65.1 Å². The van der Waals surface area contributed by atoms with Crippen molar-refractivity contribution >= 4 is 131 Å². The first-order valence-electron chi connectivity index (χ1n) is 25.8. The molecule has 0 unspecified atom stereocenters. The number of rotatable bonds is 14. The first kappa shape index (κ1) is 86.2. The van der Waals surface area contributed by atoms with E-state index in [4.69, 9.17) is 9.90 Å². The molecule has 7 rings (SSSR count). The number of nitro benzene ring substituents is 5. The number of carbonyl (C=O) groups excluding carboxylic acids is 2. The lowest BCUT2D eigenvalue weighted by Crippen LogP contribution is -2.48. The maximum absolute atomic E-state index is 14.0. The lowest BCUT2D eigenvalue weighted by molar-refractivity contribution is -0.387. The van der Waals surface area contributed by atoms with Crippen LogP contribution in [0, 0.1) is 86.6 Å². The van der Waals surface area contributed by atoms with Crippen LogP contribution >= 0.6 is 84.4 Å². The Bertz CT molecular complexity index is 3130. The molecule has 2 saturated heterocycles. The van der Waals surface area contributed by atoms with Crippen molar-refractivity contribution in [3.05, 3.63) is 198 Å². The normalized spacial score (nSPS) is 12.0. The van der Waals surface area contributed by atoms with Gasteiger partial charge in [-0.15, -0.1) is 21.5 Å². The number of hydrogen-bond acceptors (Lipinski definition) is 19. The van der Waals surface area contributed by atoms with Crippen LogP contribution in [-0.2, 0) is 45.1 Å². The van der Waals surface area contributed by atoms with Gasteiger partial charge in [0.05, 0.1) is 35.5 Å². The lowest BCUT2D eigenvalue weighted by atomic mass is 10.1. The first-order valence-corrected chi connectivity index (χ1v) is 31.0. The number of nitrogens with zero attached hydrogens (tertiary/aromatic N) is 8. The Hall–Kier alpha value is -6.89. The second kappa shape index (κ2) is 47.1. The van der Waals surface area contributed by atoms with Gasteiger partial charge >= 0.3 is 42.8 Å². The van der Waals surface area contributed by atoms with Gasteiger partial charge in [0.15, 0.2) is 0 Å². The van der Waals surface area contributed by atoms with Crippen LogP contribution in [0.4, 0.5) is 55.2 Å². The molecule has 27 nitrogen and oxygen atoms in total. The predicted molar refractivity (Wildman–Crippen MR) is 342 cm³/mol. The van der Waals surface area contributed by atoms with E-state index in [2.05, 4.69) is 82.8 Å². The number of amides is 2. The summed E-state index contributed by atoms with van der Waals surface area (Å²) in [7, 11) is -0.504. The molecule has 5 aromatic carbocycles. The number of ether oxygens (including phenoxy) is 1. The van der Waals surface area contributed by atoms with Gasteiger partial charge < -0.3 is 25.0 Å². The smallest absolute Gasteiger partial charge is 0.481 e. The fraction of sp³-hybridized carbons (Fsp3) is 0.377. The molecule has 0 bridgehead atoms. The monoisotopic (exact) mass is 1590 g/mol. The van der Waals surface area contributed by atoms with E-state index in [9.17, 15) is 86.7 Å². The highest BCUT2D eigenvalue weighted by Crippen LogP contribution is 2.34. The number of alkyl halides is 4. The largest absolute Gasteiger partial charge is 0.697 e. The van der Waals surface area contributed by atoms with Crippen LogP contribution in [0.3, 0.4) is 0 Å². The molecule has 5 aromatic rings. The molecule has 0 aromatic heterocycles. The van der Waals surface area contributed by atoms with Crippen molar-refractivity contribution in [1.29, 1.82) is 0 Å². The summed E-state index contributed by atoms with van der Waals surface area (Å²) >= 11 is 12.2. The molecule has 2 aliphatic rings. The maximum Gasteiger partial charge on any atom is 0.697 e.